The fraction of sp³-hybridized carbons (Fsp3) is 0.625. The molecule has 1 fully saturated rings. The van der Waals surface area contributed by atoms with Crippen molar-refractivity contribution in [2.75, 3.05) is 13.1 Å². The molecule has 0 spiro atoms. The first-order valence-corrected chi connectivity index (χ1v) is 8.35. The van der Waals surface area contributed by atoms with Gasteiger partial charge in [-0.25, -0.2) is 0 Å². The van der Waals surface area contributed by atoms with E-state index in [0.717, 1.165) is 45.3 Å². The normalized spacial score (nSPS) is 16.0. The number of hydrogen-bond donors (Lipinski definition) is 0. The Kier molecular flexibility index (Phi) is 4.73. The summed E-state index contributed by atoms with van der Waals surface area (Å²) in [6.07, 6.45) is 9.87. The first-order chi connectivity index (χ1) is 11.2. The number of carbonyl (C=O) groups excluding carboxylic acids is 1. The number of piperidine rings is 1. The predicted octanol–water partition coefficient (Wildman–Crippen LogP) is 1.83. The fourth-order valence-corrected chi connectivity index (χ4v) is 3.05. The van der Waals surface area contributed by atoms with Crippen LogP contribution in [0.25, 0.3) is 0 Å². The number of amides is 1. The highest BCUT2D eigenvalue weighted by Crippen LogP contribution is 2.28. The maximum absolute atomic E-state index is 12.5. The Labute approximate surface area is 136 Å². The summed E-state index contributed by atoms with van der Waals surface area (Å²) in [7, 11) is 1.93. The summed E-state index contributed by atoms with van der Waals surface area (Å²) >= 11 is 0. The average Bonchev–Trinajstić information content (AvgIpc) is 3.21. The Morgan fingerprint density at radius 3 is 2.74 bits per heavy atom. The molecule has 1 aliphatic rings. The Morgan fingerprint density at radius 1 is 1.30 bits per heavy atom. The van der Waals surface area contributed by atoms with E-state index < -0.39 is 0 Å². The molecule has 2 aromatic rings. The molecule has 0 atom stereocenters. The highest BCUT2D eigenvalue weighted by atomic mass is 16.2. The van der Waals surface area contributed by atoms with E-state index in [4.69, 9.17) is 0 Å². The fourth-order valence-electron chi connectivity index (χ4n) is 3.05. The van der Waals surface area contributed by atoms with Crippen LogP contribution in [0.5, 0.6) is 0 Å². The number of likely N-dealkylation sites (tertiary alicyclic amines) is 1. The number of aromatic nitrogens is 5. The molecule has 1 aliphatic heterocycles. The molecule has 0 unspecified atom stereocenters. The molecule has 7 nitrogen and oxygen atoms in total. The van der Waals surface area contributed by atoms with E-state index in [1.54, 1.807) is 10.9 Å². The van der Waals surface area contributed by atoms with Gasteiger partial charge in [0.1, 0.15) is 0 Å². The summed E-state index contributed by atoms with van der Waals surface area (Å²) in [5.74, 6) is 0.491. The van der Waals surface area contributed by atoms with Gasteiger partial charge in [0.15, 0.2) is 5.69 Å². The van der Waals surface area contributed by atoms with E-state index in [9.17, 15) is 4.79 Å². The standard InChI is InChI=1S/C16H24N6O/c1-3-4-7-22-12-15(18-19-22)16(23)21-8-5-13(6-9-21)14-10-17-20(2)11-14/h10-13H,3-9H2,1-2H3. The molecular formula is C16H24N6O. The Morgan fingerprint density at radius 2 is 2.09 bits per heavy atom. The number of hydrogen-bond acceptors (Lipinski definition) is 4. The van der Waals surface area contributed by atoms with Crippen LogP contribution in [-0.2, 0) is 13.6 Å². The van der Waals surface area contributed by atoms with Gasteiger partial charge < -0.3 is 4.90 Å². The molecule has 0 aromatic carbocycles. The third-order valence-corrected chi connectivity index (χ3v) is 4.48. The van der Waals surface area contributed by atoms with Gasteiger partial charge in [0.25, 0.3) is 5.91 Å². The molecule has 1 amide bonds. The molecule has 0 N–H and O–H groups in total. The van der Waals surface area contributed by atoms with Crippen molar-refractivity contribution in [2.45, 2.75) is 45.1 Å². The average molecular weight is 316 g/mol. The lowest BCUT2D eigenvalue weighted by Gasteiger charge is -2.31. The number of aryl methyl sites for hydroxylation is 2. The zero-order chi connectivity index (χ0) is 16.2. The van der Waals surface area contributed by atoms with Gasteiger partial charge in [-0.15, -0.1) is 5.10 Å². The van der Waals surface area contributed by atoms with Gasteiger partial charge in [0.2, 0.25) is 0 Å². The van der Waals surface area contributed by atoms with Gasteiger partial charge in [0.05, 0.1) is 12.4 Å². The number of nitrogens with zero attached hydrogens (tertiary/aromatic N) is 6. The molecule has 124 valence electrons. The highest BCUT2D eigenvalue weighted by Gasteiger charge is 2.26. The van der Waals surface area contributed by atoms with Crippen molar-refractivity contribution in [1.82, 2.24) is 29.7 Å². The quantitative estimate of drug-likeness (QED) is 0.844. The van der Waals surface area contributed by atoms with Gasteiger partial charge in [0, 0.05) is 32.9 Å². The van der Waals surface area contributed by atoms with Gasteiger partial charge in [-0.05, 0) is 30.7 Å². The molecule has 7 heteroatoms. The van der Waals surface area contributed by atoms with Crippen LogP contribution in [-0.4, -0.2) is 48.7 Å². The molecule has 1 saturated heterocycles. The van der Waals surface area contributed by atoms with Crippen LogP contribution in [0, 0.1) is 0 Å². The lowest BCUT2D eigenvalue weighted by Crippen LogP contribution is -2.38. The van der Waals surface area contributed by atoms with Crippen molar-refractivity contribution in [1.29, 1.82) is 0 Å². The van der Waals surface area contributed by atoms with Gasteiger partial charge >= 0.3 is 0 Å². The van der Waals surface area contributed by atoms with Crippen LogP contribution in [0.4, 0.5) is 0 Å². The maximum Gasteiger partial charge on any atom is 0.276 e. The largest absolute Gasteiger partial charge is 0.337 e. The van der Waals surface area contributed by atoms with Crippen LogP contribution in [0.3, 0.4) is 0 Å². The lowest BCUT2D eigenvalue weighted by atomic mass is 9.91. The number of rotatable bonds is 5. The predicted molar refractivity (Wildman–Crippen MR) is 86.0 cm³/mol. The molecule has 3 rings (SSSR count). The van der Waals surface area contributed by atoms with Crippen LogP contribution in [0.1, 0.15) is 54.6 Å². The lowest BCUT2D eigenvalue weighted by molar-refractivity contribution is 0.0707. The monoisotopic (exact) mass is 316 g/mol. The Hall–Kier alpha value is -2.18. The van der Waals surface area contributed by atoms with Crippen molar-refractivity contribution >= 4 is 5.91 Å². The second-order valence-corrected chi connectivity index (χ2v) is 6.23. The summed E-state index contributed by atoms with van der Waals surface area (Å²) in [4.78, 5) is 14.4. The molecular weight excluding hydrogens is 292 g/mol. The first-order valence-electron chi connectivity index (χ1n) is 8.35. The second kappa shape index (κ2) is 6.93. The molecule has 2 aromatic heterocycles. The van der Waals surface area contributed by atoms with Crippen molar-refractivity contribution in [3.8, 4) is 0 Å². The zero-order valence-corrected chi connectivity index (χ0v) is 13.9. The topological polar surface area (TPSA) is 68.8 Å². The van der Waals surface area contributed by atoms with Crippen molar-refractivity contribution in [3.63, 3.8) is 0 Å². The highest BCUT2D eigenvalue weighted by molar-refractivity contribution is 5.92. The van der Waals surface area contributed by atoms with Crippen LogP contribution in [0.2, 0.25) is 0 Å². The minimum Gasteiger partial charge on any atom is -0.337 e. The summed E-state index contributed by atoms with van der Waals surface area (Å²) in [5.41, 5.74) is 1.73. The van der Waals surface area contributed by atoms with Gasteiger partial charge in [-0.1, -0.05) is 18.6 Å². The van der Waals surface area contributed by atoms with E-state index in [1.165, 1.54) is 5.56 Å². The van der Waals surface area contributed by atoms with E-state index >= 15 is 0 Å². The molecule has 0 radical (unpaired) electrons. The van der Waals surface area contributed by atoms with Crippen LogP contribution >= 0.6 is 0 Å². The van der Waals surface area contributed by atoms with Crippen molar-refractivity contribution < 1.29 is 4.79 Å². The third-order valence-electron chi connectivity index (χ3n) is 4.48. The molecule has 0 saturated carbocycles. The number of unbranched alkanes of at least 4 members (excludes halogenated alkanes) is 1. The summed E-state index contributed by atoms with van der Waals surface area (Å²) in [6.45, 7) is 4.48. The minimum atomic E-state index is -0.00242. The SMILES string of the molecule is CCCCn1cc(C(=O)N2CCC(c3cnn(C)c3)CC2)nn1. The van der Waals surface area contributed by atoms with E-state index in [1.807, 2.05) is 22.8 Å². The second-order valence-electron chi connectivity index (χ2n) is 6.23. The maximum atomic E-state index is 12.5. The van der Waals surface area contributed by atoms with E-state index in [0.29, 0.717) is 11.6 Å². The first kappa shape index (κ1) is 15.7. The van der Waals surface area contributed by atoms with E-state index in [2.05, 4.69) is 28.5 Å². The molecule has 3 heterocycles. The summed E-state index contributed by atoms with van der Waals surface area (Å²) in [5, 5.41) is 12.3. The third kappa shape index (κ3) is 3.60. The van der Waals surface area contributed by atoms with Crippen molar-refractivity contribution in [3.05, 3.63) is 29.8 Å². The Balaban J connectivity index is 1.56. The summed E-state index contributed by atoms with van der Waals surface area (Å²) in [6, 6.07) is 0. The minimum absolute atomic E-state index is 0.00242. The molecule has 0 aliphatic carbocycles. The van der Waals surface area contributed by atoms with Crippen LogP contribution in [0.15, 0.2) is 18.6 Å². The molecule has 0 bridgehead atoms. The van der Waals surface area contributed by atoms with E-state index in [-0.39, 0.29) is 5.91 Å². The van der Waals surface area contributed by atoms with Gasteiger partial charge in [-0.2, -0.15) is 5.10 Å². The molecule has 23 heavy (non-hydrogen) atoms. The smallest absolute Gasteiger partial charge is 0.276 e. The Bertz CT molecular complexity index is 653. The number of carbonyl (C=O) groups is 1. The van der Waals surface area contributed by atoms with Gasteiger partial charge in [-0.3, -0.25) is 14.2 Å². The van der Waals surface area contributed by atoms with Crippen LogP contribution < -0.4 is 0 Å². The van der Waals surface area contributed by atoms with Crippen molar-refractivity contribution in [2.24, 2.45) is 7.05 Å². The zero-order valence-electron chi connectivity index (χ0n) is 13.9. The summed E-state index contributed by atoms with van der Waals surface area (Å²) < 4.78 is 3.60.